The summed E-state index contributed by atoms with van der Waals surface area (Å²) in [6.45, 7) is 4.26. The summed E-state index contributed by atoms with van der Waals surface area (Å²) in [6.07, 6.45) is 7.51. The second kappa shape index (κ2) is 13.8. The highest BCUT2D eigenvalue weighted by atomic mass is 32.1. The van der Waals surface area contributed by atoms with Crippen molar-refractivity contribution in [3.8, 4) is 33.9 Å². The van der Waals surface area contributed by atoms with E-state index in [0.29, 0.717) is 0 Å². The summed E-state index contributed by atoms with van der Waals surface area (Å²) in [6, 6.07) is 59.0. The van der Waals surface area contributed by atoms with Gasteiger partial charge in [0.25, 0.3) is 0 Å². The minimum Gasteiger partial charge on any atom is -0.307 e. The van der Waals surface area contributed by atoms with Crippen LogP contribution in [0.5, 0.6) is 0 Å². The molecule has 0 aliphatic carbocycles. The van der Waals surface area contributed by atoms with Gasteiger partial charge in [0.15, 0.2) is 0 Å². The van der Waals surface area contributed by atoms with E-state index in [9.17, 15) is 0 Å². The Morgan fingerprint density at radius 1 is 0.569 bits per heavy atom. The lowest BCUT2D eigenvalue weighted by atomic mass is 10.0. The molecule has 11 rings (SSSR count). The maximum Gasteiger partial charge on any atom is 0.138 e. The summed E-state index contributed by atoms with van der Waals surface area (Å²) in [5.74, 6) is 0.889. The van der Waals surface area contributed by atoms with E-state index >= 15 is 0 Å². The van der Waals surface area contributed by atoms with Crippen LogP contribution >= 0.6 is 11.3 Å². The van der Waals surface area contributed by atoms with Gasteiger partial charge in [0, 0.05) is 47.6 Å². The van der Waals surface area contributed by atoms with Crippen molar-refractivity contribution < 1.29 is 0 Å². The molecule has 0 aliphatic heterocycles. The number of benzene rings is 6. The van der Waals surface area contributed by atoms with E-state index in [4.69, 9.17) is 9.97 Å². The van der Waals surface area contributed by atoms with Crippen LogP contribution in [0.2, 0.25) is 0 Å². The molecule has 5 aromatic heterocycles. The van der Waals surface area contributed by atoms with Gasteiger partial charge in [-0.1, -0.05) is 122 Å². The molecule has 5 heteroatoms. The molecule has 0 saturated carbocycles. The number of hydrogen-bond acceptors (Lipinski definition) is 3. The average Bonchev–Trinajstić information content (AvgIpc) is 3.94. The van der Waals surface area contributed by atoms with Crippen molar-refractivity contribution in [2.45, 2.75) is 20.3 Å². The molecular weight excluding hydrogens is 725 g/mol. The van der Waals surface area contributed by atoms with Gasteiger partial charge in [-0.15, -0.1) is 11.3 Å². The van der Waals surface area contributed by atoms with Crippen molar-refractivity contribution >= 4 is 80.8 Å². The molecule has 0 N–H and O–H groups in total. The number of rotatable bonds is 7. The maximum atomic E-state index is 5.40. The van der Waals surface area contributed by atoms with E-state index in [-0.39, 0.29) is 0 Å². The zero-order chi connectivity index (χ0) is 38.7. The maximum absolute atomic E-state index is 5.40. The summed E-state index contributed by atoms with van der Waals surface area (Å²) in [5.41, 5.74) is 13.0. The zero-order valence-electron chi connectivity index (χ0n) is 32.2. The Kier molecular flexibility index (Phi) is 8.16. The van der Waals surface area contributed by atoms with Crippen molar-refractivity contribution in [3.05, 3.63) is 188 Å². The van der Waals surface area contributed by atoms with Crippen LogP contribution in [0, 0.1) is 0 Å². The summed E-state index contributed by atoms with van der Waals surface area (Å²) in [4.78, 5) is 10.8. The zero-order valence-corrected chi connectivity index (χ0v) is 33.0. The van der Waals surface area contributed by atoms with Gasteiger partial charge in [0.1, 0.15) is 5.82 Å². The van der Waals surface area contributed by atoms with E-state index in [2.05, 4.69) is 205 Å². The number of nitrogens with zero attached hydrogens (tertiary/aromatic N) is 4. The van der Waals surface area contributed by atoms with Gasteiger partial charge < -0.3 is 4.57 Å². The summed E-state index contributed by atoms with van der Waals surface area (Å²) in [7, 11) is 0. The smallest absolute Gasteiger partial charge is 0.138 e. The molecule has 0 aliphatic rings. The quantitative estimate of drug-likeness (QED) is 0.152. The first kappa shape index (κ1) is 34.2. The number of hydrogen-bond donors (Lipinski definition) is 0. The third-order valence-electron chi connectivity index (χ3n) is 11.4. The van der Waals surface area contributed by atoms with Gasteiger partial charge in [0.05, 0.1) is 39.0 Å². The first-order valence-corrected chi connectivity index (χ1v) is 20.8. The molecule has 58 heavy (non-hydrogen) atoms. The molecule has 0 bridgehead atoms. The first-order valence-electron chi connectivity index (χ1n) is 19.9. The predicted octanol–water partition coefficient (Wildman–Crippen LogP) is 14.7. The van der Waals surface area contributed by atoms with Crippen LogP contribution in [0.3, 0.4) is 0 Å². The number of thiophene rings is 1. The van der Waals surface area contributed by atoms with Crippen molar-refractivity contribution in [1.82, 2.24) is 19.1 Å². The lowest BCUT2D eigenvalue weighted by molar-refractivity contribution is 1.07. The first-order chi connectivity index (χ1) is 28.7. The Labute approximate surface area is 340 Å². The van der Waals surface area contributed by atoms with E-state index in [0.717, 1.165) is 79.0 Å². The molecule has 276 valence electrons. The summed E-state index contributed by atoms with van der Waals surface area (Å²) >= 11 is 1.85. The lowest BCUT2D eigenvalue weighted by Gasteiger charge is -2.14. The molecule has 0 spiro atoms. The Balaban J connectivity index is 1.19. The standard InChI is InChI=1S/C53H38N4S/c1-3-5-16-34(4-2)44-31-37(35-17-8-6-9-18-35)32-50(54-44)57-45-23-14-12-21-39(45)42-33-38(25-28-46(42)57)56-47-29-27-43(36-19-10-7-11-20-36)55-52(47)41-26-30-49-51(53(41)56)40-22-13-15-24-48(40)58-49/h4-33H,3H2,1-2H3/b16-5-,34-4+. The highest BCUT2D eigenvalue weighted by Crippen LogP contribution is 2.44. The van der Waals surface area contributed by atoms with E-state index in [1.807, 2.05) is 11.3 Å². The number of fused-ring (bicyclic) bond motifs is 10. The van der Waals surface area contributed by atoms with Crippen molar-refractivity contribution in [1.29, 1.82) is 0 Å². The molecule has 11 aromatic rings. The number of allylic oxidation sites excluding steroid dienone is 4. The SMILES string of the molecule is C/C=C(\C=C/CC)c1cc(-c2ccccc2)cc(-n2c3ccccc3c3cc(-n4c5ccc(-c6ccccc6)nc5c5ccc6sc7ccccc7c6c54)ccc32)n1. The minimum atomic E-state index is 0.889. The molecule has 0 atom stereocenters. The number of pyridine rings is 2. The van der Waals surface area contributed by atoms with E-state index < -0.39 is 0 Å². The van der Waals surface area contributed by atoms with E-state index in [1.54, 1.807) is 0 Å². The van der Waals surface area contributed by atoms with Gasteiger partial charge >= 0.3 is 0 Å². The molecule has 0 unspecified atom stereocenters. The second-order valence-corrected chi connectivity index (χ2v) is 15.9. The predicted molar refractivity (Wildman–Crippen MR) is 248 cm³/mol. The Morgan fingerprint density at radius 2 is 1.29 bits per heavy atom. The average molecular weight is 763 g/mol. The molecule has 0 amide bonds. The van der Waals surface area contributed by atoms with Crippen molar-refractivity contribution in [2.75, 3.05) is 0 Å². The van der Waals surface area contributed by atoms with Gasteiger partial charge in [0.2, 0.25) is 0 Å². The van der Waals surface area contributed by atoms with Gasteiger partial charge in [-0.05, 0) is 96.8 Å². The number of para-hydroxylation sites is 1. The van der Waals surface area contributed by atoms with Gasteiger partial charge in [-0.3, -0.25) is 4.57 Å². The van der Waals surface area contributed by atoms with Crippen molar-refractivity contribution in [2.24, 2.45) is 0 Å². The topological polar surface area (TPSA) is 35.6 Å². The Bertz CT molecular complexity index is 3440. The second-order valence-electron chi connectivity index (χ2n) is 14.8. The van der Waals surface area contributed by atoms with Gasteiger partial charge in [-0.25, -0.2) is 9.97 Å². The van der Waals surface area contributed by atoms with Crippen LogP contribution in [-0.2, 0) is 0 Å². The third-order valence-corrected chi connectivity index (χ3v) is 12.5. The Morgan fingerprint density at radius 3 is 2.10 bits per heavy atom. The monoisotopic (exact) mass is 762 g/mol. The lowest BCUT2D eigenvalue weighted by Crippen LogP contribution is -2.01. The van der Waals surface area contributed by atoms with Crippen LogP contribution in [0.1, 0.15) is 26.0 Å². The fourth-order valence-electron chi connectivity index (χ4n) is 8.71. The molecule has 4 nitrogen and oxygen atoms in total. The van der Waals surface area contributed by atoms with Crippen LogP contribution in [0.25, 0.3) is 103 Å². The fourth-order valence-corrected chi connectivity index (χ4v) is 9.82. The molecule has 5 heterocycles. The molecular formula is C53H38N4S. The number of aromatic nitrogens is 4. The molecule has 6 aromatic carbocycles. The Hall–Kier alpha value is -7.08. The molecule has 0 fully saturated rings. The highest BCUT2D eigenvalue weighted by molar-refractivity contribution is 7.26. The van der Waals surface area contributed by atoms with Crippen LogP contribution in [0.15, 0.2) is 182 Å². The molecule has 0 saturated heterocycles. The summed E-state index contributed by atoms with van der Waals surface area (Å²) in [5, 5.41) is 6.04. The normalized spacial score (nSPS) is 12.4. The van der Waals surface area contributed by atoms with Crippen LogP contribution in [-0.4, -0.2) is 19.1 Å². The fraction of sp³-hybridized carbons (Fsp3) is 0.0566. The van der Waals surface area contributed by atoms with Gasteiger partial charge in [-0.2, -0.15) is 0 Å². The largest absolute Gasteiger partial charge is 0.307 e. The van der Waals surface area contributed by atoms with Crippen LogP contribution in [0.4, 0.5) is 0 Å². The van der Waals surface area contributed by atoms with Crippen molar-refractivity contribution in [3.63, 3.8) is 0 Å². The highest BCUT2D eigenvalue weighted by Gasteiger charge is 2.22. The van der Waals surface area contributed by atoms with Crippen LogP contribution < -0.4 is 0 Å². The third kappa shape index (κ3) is 5.42. The van der Waals surface area contributed by atoms with E-state index in [1.165, 1.54) is 36.5 Å². The molecule has 0 radical (unpaired) electrons. The minimum absolute atomic E-state index is 0.889. The summed E-state index contributed by atoms with van der Waals surface area (Å²) < 4.78 is 7.34.